The summed E-state index contributed by atoms with van der Waals surface area (Å²) in [5.74, 6) is 0.922. The molecule has 6 nitrogen and oxygen atoms in total. The van der Waals surface area contributed by atoms with Crippen LogP contribution >= 0.6 is 22.9 Å². The van der Waals surface area contributed by atoms with Crippen LogP contribution in [0.25, 0.3) is 11.5 Å². The molecule has 1 N–H and O–H groups in total. The number of aryl methyl sites for hydroxylation is 1. The zero-order valence-electron chi connectivity index (χ0n) is 11.3. The summed E-state index contributed by atoms with van der Waals surface area (Å²) in [5.41, 5.74) is 1.15. The minimum absolute atomic E-state index is 0.161. The number of hydrogen-bond acceptors (Lipinski definition) is 6. The molecule has 0 aliphatic carbocycles. The van der Waals surface area contributed by atoms with Crippen LogP contribution in [0.15, 0.2) is 45.1 Å². The molecule has 0 atom stereocenters. The van der Waals surface area contributed by atoms with Gasteiger partial charge in [-0.05, 0) is 43.3 Å². The molecule has 2 heterocycles. The van der Waals surface area contributed by atoms with Crippen LogP contribution in [0.4, 0.5) is 5.69 Å². The number of hydrogen-bond donors (Lipinski definition) is 1. The molecule has 0 fully saturated rings. The van der Waals surface area contributed by atoms with Gasteiger partial charge in [0, 0.05) is 11.3 Å². The van der Waals surface area contributed by atoms with Gasteiger partial charge in [-0.1, -0.05) is 16.8 Å². The third-order valence-electron chi connectivity index (χ3n) is 2.73. The molecule has 0 amide bonds. The molecule has 3 aromatic rings. The van der Waals surface area contributed by atoms with E-state index in [9.17, 15) is 8.42 Å². The van der Waals surface area contributed by atoms with E-state index in [1.807, 2.05) is 0 Å². The summed E-state index contributed by atoms with van der Waals surface area (Å²) in [6.45, 7) is 1.72. The summed E-state index contributed by atoms with van der Waals surface area (Å²) in [7, 11) is -3.63. The fourth-order valence-corrected chi connectivity index (χ4v) is 4.28. The number of sulfonamides is 1. The van der Waals surface area contributed by atoms with Crippen LogP contribution in [-0.4, -0.2) is 18.6 Å². The molecule has 0 radical (unpaired) electrons. The first-order valence-corrected chi connectivity index (χ1v) is 8.81. The van der Waals surface area contributed by atoms with E-state index in [1.165, 1.54) is 6.07 Å². The monoisotopic (exact) mass is 355 g/mol. The largest absolute Gasteiger partial charge is 0.334 e. The second-order valence-corrected chi connectivity index (χ2v) is 8.01. The predicted octanol–water partition coefficient (Wildman–Crippen LogP) is 3.56. The van der Waals surface area contributed by atoms with E-state index in [1.54, 1.807) is 37.3 Å². The average molecular weight is 356 g/mol. The van der Waals surface area contributed by atoms with Crippen LogP contribution in [0.3, 0.4) is 0 Å². The second kappa shape index (κ2) is 5.71. The number of benzene rings is 1. The molecule has 0 bridgehead atoms. The van der Waals surface area contributed by atoms with Crippen molar-refractivity contribution in [2.75, 3.05) is 4.72 Å². The Hall–Kier alpha value is -1.90. The van der Waals surface area contributed by atoms with Crippen molar-refractivity contribution in [3.8, 4) is 11.5 Å². The maximum Gasteiger partial charge on any atom is 0.271 e. The standard InChI is InChI=1S/C13H10ClN3O3S2/c1-8-15-13(20-16-8)9-2-4-10(5-3-9)17-22(18,19)12-7-6-11(14)21-12/h2-7,17H,1H3. The van der Waals surface area contributed by atoms with E-state index in [0.717, 1.165) is 11.3 Å². The van der Waals surface area contributed by atoms with E-state index >= 15 is 0 Å². The molecule has 0 spiro atoms. The van der Waals surface area contributed by atoms with Crippen molar-refractivity contribution in [1.29, 1.82) is 0 Å². The molecule has 22 heavy (non-hydrogen) atoms. The summed E-state index contributed by atoms with van der Waals surface area (Å²) >= 11 is 6.76. The molecule has 1 aromatic carbocycles. The van der Waals surface area contributed by atoms with Crippen molar-refractivity contribution in [2.24, 2.45) is 0 Å². The molecule has 0 saturated carbocycles. The first kappa shape index (κ1) is 15.0. The summed E-state index contributed by atoms with van der Waals surface area (Å²) in [5, 5.41) is 3.71. The van der Waals surface area contributed by atoms with E-state index in [-0.39, 0.29) is 4.21 Å². The minimum Gasteiger partial charge on any atom is -0.334 e. The predicted molar refractivity (Wildman–Crippen MR) is 84.6 cm³/mol. The van der Waals surface area contributed by atoms with Crippen LogP contribution in [0.5, 0.6) is 0 Å². The van der Waals surface area contributed by atoms with E-state index in [4.69, 9.17) is 16.1 Å². The van der Waals surface area contributed by atoms with Crippen LogP contribution in [0, 0.1) is 6.92 Å². The topological polar surface area (TPSA) is 85.1 Å². The molecule has 0 aliphatic heterocycles. The molecule has 0 aliphatic rings. The Morgan fingerprint density at radius 3 is 2.45 bits per heavy atom. The van der Waals surface area contributed by atoms with Crippen molar-refractivity contribution >= 4 is 38.6 Å². The number of nitrogens with zero attached hydrogens (tertiary/aromatic N) is 2. The molecule has 3 rings (SSSR count). The van der Waals surface area contributed by atoms with Gasteiger partial charge in [0.15, 0.2) is 5.82 Å². The maximum absolute atomic E-state index is 12.2. The normalized spacial score (nSPS) is 11.5. The van der Waals surface area contributed by atoms with Crippen molar-refractivity contribution in [3.05, 3.63) is 46.6 Å². The smallest absolute Gasteiger partial charge is 0.271 e. The van der Waals surface area contributed by atoms with Gasteiger partial charge in [-0.15, -0.1) is 11.3 Å². The fraction of sp³-hybridized carbons (Fsp3) is 0.0769. The Kier molecular flexibility index (Phi) is 3.90. The Balaban J connectivity index is 1.82. The summed E-state index contributed by atoms with van der Waals surface area (Å²) < 4.78 is 32.5. The zero-order valence-corrected chi connectivity index (χ0v) is 13.7. The molecule has 2 aromatic heterocycles. The Morgan fingerprint density at radius 1 is 1.18 bits per heavy atom. The molecule has 114 valence electrons. The van der Waals surface area contributed by atoms with E-state index < -0.39 is 10.0 Å². The number of aromatic nitrogens is 2. The number of nitrogens with one attached hydrogen (secondary N) is 1. The lowest BCUT2D eigenvalue weighted by molar-refractivity contribution is 0.425. The van der Waals surface area contributed by atoms with Gasteiger partial charge in [-0.25, -0.2) is 8.42 Å². The highest BCUT2D eigenvalue weighted by atomic mass is 35.5. The van der Waals surface area contributed by atoms with E-state index in [0.29, 0.717) is 27.3 Å². The highest BCUT2D eigenvalue weighted by Gasteiger charge is 2.17. The van der Waals surface area contributed by atoms with Crippen molar-refractivity contribution in [2.45, 2.75) is 11.1 Å². The SMILES string of the molecule is Cc1noc(-c2ccc(NS(=O)(=O)c3ccc(Cl)s3)cc2)n1. The Labute approximate surface area is 135 Å². The van der Waals surface area contributed by atoms with Gasteiger partial charge in [-0.3, -0.25) is 4.72 Å². The number of thiophene rings is 1. The highest BCUT2D eigenvalue weighted by molar-refractivity contribution is 7.94. The van der Waals surface area contributed by atoms with Crippen LogP contribution in [-0.2, 0) is 10.0 Å². The lowest BCUT2D eigenvalue weighted by Gasteiger charge is -2.06. The molecular weight excluding hydrogens is 346 g/mol. The zero-order chi connectivity index (χ0) is 15.7. The van der Waals surface area contributed by atoms with Crippen molar-refractivity contribution in [1.82, 2.24) is 10.1 Å². The fourth-order valence-electron chi connectivity index (χ4n) is 1.74. The summed E-state index contributed by atoms with van der Waals surface area (Å²) in [6.07, 6.45) is 0. The van der Waals surface area contributed by atoms with Crippen LogP contribution < -0.4 is 4.72 Å². The average Bonchev–Trinajstić information content (AvgIpc) is 3.08. The Bertz CT molecular complexity index is 901. The lowest BCUT2D eigenvalue weighted by Crippen LogP contribution is -2.11. The van der Waals surface area contributed by atoms with Gasteiger partial charge in [0.2, 0.25) is 0 Å². The van der Waals surface area contributed by atoms with Gasteiger partial charge in [0.1, 0.15) is 4.21 Å². The van der Waals surface area contributed by atoms with Crippen LogP contribution in [0.1, 0.15) is 5.82 Å². The van der Waals surface area contributed by atoms with E-state index in [2.05, 4.69) is 14.9 Å². The third kappa shape index (κ3) is 3.13. The maximum atomic E-state index is 12.2. The quantitative estimate of drug-likeness (QED) is 0.773. The first-order chi connectivity index (χ1) is 10.4. The number of rotatable bonds is 4. The first-order valence-electron chi connectivity index (χ1n) is 6.13. The molecule has 9 heteroatoms. The second-order valence-electron chi connectivity index (χ2n) is 4.39. The third-order valence-corrected chi connectivity index (χ3v) is 5.83. The summed E-state index contributed by atoms with van der Waals surface area (Å²) in [4.78, 5) is 4.11. The van der Waals surface area contributed by atoms with Crippen molar-refractivity contribution < 1.29 is 12.9 Å². The molecule has 0 unspecified atom stereocenters. The minimum atomic E-state index is -3.63. The van der Waals surface area contributed by atoms with Gasteiger partial charge in [0.05, 0.1) is 4.34 Å². The number of anilines is 1. The lowest BCUT2D eigenvalue weighted by atomic mass is 10.2. The Morgan fingerprint density at radius 2 is 1.91 bits per heavy atom. The number of halogens is 1. The van der Waals surface area contributed by atoms with Gasteiger partial charge < -0.3 is 4.52 Å². The van der Waals surface area contributed by atoms with Gasteiger partial charge in [0.25, 0.3) is 15.9 Å². The molecule has 0 saturated heterocycles. The van der Waals surface area contributed by atoms with Crippen molar-refractivity contribution in [3.63, 3.8) is 0 Å². The van der Waals surface area contributed by atoms with Crippen LogP contribution in [0.2, 0.25) is 4.34 Å². The molecular formula is C13H10ClN3O3S2. The van der Waals surface area contributed by atoms with Gasteiger partial charge >= 0.3 is 0 Å². The summed E-state index contributed by atoms with van der Waals surface area (Å²) in [6, 6.07) is 9.66. The van der Waals surface area contributed by atoms with Gasteiger partial charge in [-0.2, -0.15) is 4.98 Å². The highest BCUT2D eigenvalue weighted by Crippen LogP contribution is 2.28.